The summed E-state index contributed by atoms with van der Waals surface area (Å²) in [5.74, 6) is -0.0637. The fourth-order valence-corrected chi connectivity index (χ4v) is 1.85. The van der Waals surface area contributed by atoms with Crippen LogP contribution in [-0.2, 0) is 9.59 Å². The number of carbonyl (C=O) groups excluding carboxylic acids is 2. The Balaban J connectivity index is 2.70. The van der Waals surface area contributed by atoms with E-state index in [-0.39, 0.29) is 53.9 Å². The number of amides is 2. The zero-order chi connectivity index (χ0) is 20.0. The van der Waals surface area contributed by atoms with Crippen molar-refractivity contribution in [3.8, 4) is 6.01 Å². The van der Waals surface area contributed by atoms with Crippen LogP contribution < -0.4 is 26.0 Å². The van der Waals surface area contributed by atoms with Crippen LogP contribution in [0.25, 0.3) is 0 Å². The van der Waals surface area contributed by atoms with E-state index in [0.29, 0.717) is 0 Å². The van der Waals surface area contributed by atoms with Gasteiger partial charge in [-0.2, -0.15) is 15.0 Å². The standard InChI is InChI=1S/C16H29N7O3/c1-15(2,3)22-10(24)8-17-12-19-13(21-14(20-12)26-7)18-9-11(25)23-16(4,5)6/h8-9H2,1-7H3,(H,22,24)(H,23,25)(H2,17,18,19,20,21). The van der Waals surface area contributed by atoms with Gasteiger partial charge in [-0.05, 0) is 41.5 Å². The van der Waals surface area contributed by atoms with Gasteiger partial charge in [-0.15, -0.1) is 0 Å². The summed E-state index contributed by atoms with van der Waals surface area (Å²) in [4.78, 5) is 35.9. The molecular formula is C16H29N7O3. The molecule has 0 aromatic carbocycles. The van der Waals surface area contributed by atoms with Crippen LogP contribution in [0, 0.1) is 0 Å². The molecule has 146 valence electrons. The first-order valence-electron chi connectivity index (χ1n) is 8.28. The number of carbonyl (C=O) groups is 2. The van der Waals surface area contributed by atoms with Crippen molar-refractivity contribution in [1.82, 2.24) is 25.6 Å². The maximum absolute atomic E-state index is 11.9. The zero-order valence-corrected chi connectivity index (χ0v) is 16.5. The van der Waals surface area contributed by atoms with Crippen LogP contribution >= 0.6 is 0 Å². The van der Waals surface area contributed by atoms with E-state index in [2.05, 4.69) is 36.2 Å². The van der Waals surface area contributed by atoms with Gasteiger partial charge in [0.15, 0.2) is 0 Å². The van der Waals surface area contributed by atoms with E-state index < -0.39 is 0 Å². The maximum atomic E-state index is 11.9. The first-order chi connectivity index (χ1) is 11.9. The lowest BCUT2D eigenvalue weighted by Crippen LogP contribution is -2.43. The Bertz CT molecular complexity index is 585. The minimum Gasteiger partial charge on any atom is -0.467 e. The van der Waals surface area contributed by atoms with E-state index in [4.69, 9.17) is 4.74 Å². The average Bonchev–Trinajstić information content (AvgIpc) is 2.47. The van der Waals surface area contributed by atoms with Gasteiger partial charge in [-0.1, -0.05) is 0 Å². The second-order valence-corrected chi connectivity index (χ2v) is 7.77. The summed E-state index contributed by atoms with van der Waals surface area (Å²) in [6.07, 6.45) is 0. The molecule has 0 aliphatic carbocycles. The van der Waals surface area contributed by atoms with Crippen molar-refractivity contribution in [3.63, 3.8) is 0 Å². The molecule has 0 spiro atoms. The third kappa shape index (κ3) is 9.00. The Morgan fingerprint density at radius 2 is 1.19 bits per heavy atom. The minimum absolute atomic E-state index is 0.00557. The molecule has 0 unspecified atom stereocenters. The Kier molecular flexibility index (Phi) is 7.10. The van der Waals surface area contributed by atoms with E-state index in [9.17, 15) is 9.59 Å². The number of ether oxygens (including phenoxy) is 1. The minimum atomic E-state index is -0.331. The third-order valence-electron chi connectivity index (χ3n) is 2.64. The van der Waals surface area contributed by atoms with E-state index in [0.717, 1.165) is 0 Å². The summed E-state index contributed by atoms with van der Waals surface area (Å²) >= 11 is 0. The number of aromatic nitrogens is 3. The van der Waals surface area contributed by atoms with E-state index in [1.165, 1.54) is 7.11 Å². The van der Waals surface area contributed by atoms with E-state index in [1.807, 2.05) is 41.5 Å². The fraction of sp³-hybridized carbons (Fsp3) is 0.688. The molecule has 1 rings (SSSR count). The first-order valence-corrected chi connectivity index (χ1v) is 8.28. The van der Waals surface area contributed by atoms with Gasteiger partial charge < -0.3 is 26.0 Å². The first kappa shape index (κ1) is 21.4. The lowest BCUT2D eigenvalue weighted by atomic mass is 10.1. The third-order valence-corrected chi connectivity index (χ3v) is 2.64. The smallest absolute Gasteiger partial charge is 0.322 e. The number of nitrogens with zero attached hydrogens (tertiary/aromatic N) is 3. The van der Waals surface area contributed by atoms with Gasteiger partial charge in [0.25, 0.3) is 0 Å². The van der Waals surface area contributed by atoms with Crippen molar-refractivity contribution >= 4 is 23.7 Å². The van der Waals surface area contributed by atoms with Crippen molar-refractivity contribution in [1.29, 1.82) is 0 Å². The highest BCUT2D eigenvalue weighted by Gasteiger charge is 2.16. The molecule has 0 saturated heterocycles. The molecule has 0 fully saturated rings. The molecule has 0 atom stereocenters. The van der Waals surface area contributed by atoms with Crippen molar-refractivity contribution in [2.24, 2.45) is 0 Å². The number of anilines is 2. The molecule has 0 aliphatic rings. The quantitative estimate of drug-likeness (QED) is 0.549. The molecule has 4 N–H and O–H groups in total. The van der Waals surface area contributed by atoms with Crippen molar-refractivity contribution < 1.29 is 14.3 Å². The van der Waals surface area contributed by atoms with Crippen molar-refractivity contribution in [2.45, 2.75) is 52.6 Å². The number of methoxy groups -OCH3 is 1. The Hall–Kier alpha value is -2.65. The molecule has 0 bridgehead atoms. The predicted octanol–water partition coefficient (Wildman–Crippen LogP) is 0.533. The topological polar surface area (TPSA) is 130 Å². The van der Waals surface area contributed by atoms with Gasteiger partial charge >= 0.3 is 6.01 Å². The normalized spacial score (nSPS) is 11.5. The summed E-state index contributed by atoms with van der Waals surface area (Å²) in [7, 11) is 1.42. The van der Waals surface area contributed by atoms with Crippen molar-refractivity contribution in [2.75, 3.05) is 30.8 Å². The van der Waals surface area contributed by atoms with Crippen molar-refractivity contribution in [3.05, 3.63) is 0 Å². The van der Waals surface area contributed by atoms with Crippen LogP contribution in [0.1, 0.15) is 41.5 Å². The van der Waals surface area contributed by atoms with Crippen LogP contribution in [0.5, 0.6) is 6.01 Å². The Morgan fingerprint density at radius 1 is 0.808 bits per heavy atom. The highest BCUT2D eigenvalue weighted by molar-refractivity contribution is 5.81. The second kappa shape index (κ2) is 8.63. The zero-order valence-electron chi connectivity index (χ0n) is 16.5. The van der Waals surface area contributed by atoms with Crippen LogP contribution in [-0.4, -0.2) is 58.0 Å². The molecule has 10 heteroatoms. The van der Waals surface area contributed by atoms with Gasteiger partial charge in [0.2, 0.25) is 23.7 Å². The highest BCUT2D eigenvalue weighted by Crippen LogP contribution is 2.10. The molecule has 0 saturated carbocycles. The van der Waals surface area contributed by atoms with Gasteiger partial charge in [0, 0.05) is 11.1 Å². The molecule has 26 heavy (non-hydrogen) atoms. The van der Waals surface area contributed by atoms with Gasteiger partial charge in [-0.3, -0.25) is 9.59 Å². The molecule has 0 aliphatic heterocycles. The average molecular weight is 367 g/mol. The van der Waals surface area contributed by atoms with Crippen LogP contribution in [0.15, 0.2) is 0 Å². The van der Waals surface area contributed by atoms with Crippen LogP contribution in [0.4, 0.5) is 11.9 Å². The summed E-state index contributed by atoms with van der Waals surface area (Å²) in [6, 6.07) is 0.0671. The summed E-state index contributed by atoms with van der Waals surface area (Å²) in [5.41, 5.74) is -0.661. The van der Waals surface area contributed by atoms with E-state index >= 15 is 0 Å². The summed E-state index contributed by atoms with van der Waals surface area (Å²) in [5, 5.41) is 11.3. The largest absolute Gasteiger partial charge is 0.467 e. The Morgan fingerprint density at radius 3 is 1.50 bits per heavy atom. The molecule has 2 amide bonds. The molecule has 0 radical (unpaired) electrons. The SMILES string of the molecule is COc1nc(NCC(=O)NC(C)(C)C)nc(NCC(=O)NC(C)(C)C)n1. The lowest BCUT2D eigenvalue weighted by Gasteiger charge is -2.21. The fourth-order valence-electron chi connectivity index (χ4n) is 1.85. The van der Waals surface area contributed by atoms with E-state index in [1.54, 1.807) is 0 Å². The summed E-state index contributed by atoms with van der Waals surface area (Å²) in [6.45, 7) is 11.3. The lowest BCUT2D eigenvalue weighted by molar-refractivity contribution is -0.121. The summed E-state index contributed by atoms with van der Waals surface area (Å²) < 4.78 is 5.03. The molecule has 10 nitrogen and oxygen atoms in total. The van der Waals surface area contributed by atoms with Gasteiger partial charge in [-0.25, -0.2) is 0 Å². The highest BCUT2D eigenvalue weighted by atomic mass is 16.5. The van der Waals surface area contributed by atoms with Crippen LogP contribution in [0.2, 0.25) is 0 Å². The molecular weight excluding hydrogens is 338 g/mol. The Labute approximate surface area is 153 Å². The number of hydrogen-bond acceptors (Lipinski definition) is 8. The number of rotatable bonds is 7. The maximum Gasteiger partial charge on any atom is 0.322 e. The monoisotopic (exact) mass is 367 g/mol. The predicted molar refractivity (Wildman–Crippen MR) is 99.1 cm³/mol. The van der Waals surface area contributed by atoms with Crippen LogP contribution in [0.3, 0.4) is 0 Å². The van der Waals surface area contributed by atoms with Gasteiger partial charge in [0.05, 0.1) is 20.2 Å². The molecule has 1 aromatic rings. The molecule has 1 aromatic heterocycles. The number of nitrogens with one attached hydrogen (secondary N) is 4. The number of hydrogen-bond donors (Lipinski definition) is 4. The second-order valence-electron chi connectivity index (χ2n) is 7.77. The molecule has 1 heterocycles. The van der Waals surface area contributed by atoms with Gasteiger partial charge in [0.1, 0.15) is 0 Å².